The number of rotatable bonds is 2. The van der Waals surface area contributed by atoms with Crippen LogP contribution in [0, 0.1) is 17.7 Å². The first-order valence-corrected chi connectivity index (χ1v) is 8.95. The Labute approximate surface area is 128 Å². The van der Waals surface area contributed by atoms with E-state index in [0.717, 1.165) is 17.9 Å². The average molecular weight is 329 g/mol. The van der Waals surface area contributed by atoms with Gasteiger partial charge in [-0.1, -0.05) is 18.8 Å². The van der Waals surface area contributed by atoms with Crippen molar-refractivity contribution in [3.8, 4) is 11.8 Å². The van der Waals surface area contributed by atoms with Gasteiger partial charge in [-0.05, 0) is 18.2 Å². The fourth-order valence-electron chi connectivity index (χ4n) is 2.10. The Kier molecular flexibility index (Phi) is 5.27. The van der Waals surface area contributed by atoms with E-state index in [1.54, 1.807) is 11.8 Å². The Morgan fingerprint density at radius 3 is 2.95 bits per heavy atom. The zero-order chi connectivity index (χ0) is 15.5. The largest absolute Gasteiger partial charge is 0.384 e. The van der Waals surface area contributed by atoms with Gasteiger partial charge in [-0.3, -0.25) is 0 Å². The van der Waals surface area contributed by atoms with Crippen LogP contribution in [-0.2, 0) is 10.0 Å². The molecule has 1 saturated heterocycles. The highest BCUT2D eigenvalue weighted by Gasteiger charge is 2.30. The summed E-state index contributed by atoms with van der Waals surface area (Å²) < 4.78 is 40.1. The van der Waals surface area contributed by atoms with E-state index in [1.165, 1.54) is 10.4 Å². The fraction of sp³-hybridized carbons (Fsp3) is 0.429. The summed E-state index contributed by atoms with van der Waals surface area (Å²) in [6.07, 6.45) is 0. The lowest BCUT2D eigenvalue weighted by Gasteiger charge is -2.30. The van der Waals surface area contributed by atoms with Crippen molar-refractivity contribution in [3.05, 3.63) is 29.6 Å². The van der Waals surface area contributed by atoms with Crippen molar-refractivity contribution in [2.45, 2.75) is 17.1 Å². The summed E-state index contributed by atoms with van der Waals surface area (Å²) in [6.45, 7) is 2.43. The summed E-state index contributed by atoms with van der Waals surface area (Å²) >= 11 is 1.73. The van der Waals surface area contributed by atoms with Gasteiger partial charge >= 0.3 is 0 Å². The third-order valence-corrected chi connectivity index (χ3v) is 6.13. The molecular formula is C14H16FNO3S2. The molecule has 4 nitrogen and oxygen atoms in total. The number of hydrogen-bond acceptors (Lipinski definition) is 4. The molecule has 0 radical (unpaired) electrons. The molecule has 1 atom stereocenters. The summed E-state index contributed by atoms with van der Waals surface area (Å²) in [5, 5.41) is 8.97. The number of hydrogen-bond donors (Lipinski definition) is 1. The molecular weight excluding hydrogens is 313 g/mol. The average Bonchev–Trinajstić information content (AvgIpc) is 2.45. The van der Waals surface area contributed by atoms with Crippen molar-refractivity contribution in [1.29, 1.82) is 0 Å². The van der Waals surface area contributed by atoms with Crippen molar-refractivity contribution < 1.29 is 17.9 Å². The topological polar surface area (TPSA) is 57.6 Å². The Bertz CT molecular complexity index is 679. The number of aliphatic hydroxyl groups excluding tert-OH is 1. The molecule has 1 aliphatic rings. The lowest BCUT2D eigenvalue weighted by Crippen LogP contribution is -2.41. The Balaban J connectivity index is 2.44. The molecule has 1 fully saturated rings. The second-order valence-corrected chi connectivity index (χ2v) is 8.10. The molecule has 1 N–H and O–H groups in total. The van der Waals surface area contributed by atoms with Gasteiger partial charge in [0.15, 0.2) is 0 Å². The molecule has 7 heteroatoms. The van der Waals surface area contributed by atoms with Crippen LogP contribution in [-0.4, -0.2) is 48.5 Å². The van der Waals surface area contributed by atoms with E-state index in [-0.39, 0.29) is 15.7 Å². The van der Waals surface area contributed by atoms with Crippen molar-refractivity contribution in [2.24, 2.45) is 0 Å². The molecule has 0 spiro atoms. The Morgan fingerprint density at radius 2 is 2.29 bits per heavy atom. The molecule has 2 rings (SSSR count). The Hall–Kier alpha value is -1.07. The number of halogens is 1. The second kappa shape index (κ2) is 6.79. The molecule has 1 aromatic rings. The predicted octanol–water partition coefficient (Wildman–Crippen LogP) is 1.30. The highest BCUT2D eigenvalue weighted by atomic mass is 32.2. The van der Waals surface area contributed by atoms with Gasteiger partial charge < -0.3 is 5.11 Å². The van der Waals surface area contributed by atoms with Crippen LogP contribution in [0.3, 0.4) is 0 Å². The minimum Gasteiger partial charge on any atom is -0.384 e. The van der Waals surface area contributed by atoms with Crippen LogP contribution in [0.4, 0.5) is 4.39 Å². The number of thioether (sulfide) groups is 1. The lowest BCUT2D eigenvalue weighted by atomic mass is 10.2. The third kappa shape index (κ3) is 3.77. The van der Waals surface area contributed by atoms with Crippen LogP contribution in [0.2, 0.25) is 0 Å². The van der Waals surface area contributed by atoms with Crippen LogP contribution >= 0.6 is 11.8 Å². The van der Waals surface area contributed by atoms with Crippen LogP contribution in [0.15, 0.2) is 23.1 Å². The van der Waals surface area contributed by atoms with E-state index in [2.05, 4.69) is 11.8 Å². The van der Waals surface area contributed by atoms with E-state index in [9.17, 15) is 12.8 Å². The minimum absolute atomic E-state index is 0.0102. The molecule has 0 aliphatic carbocycles. The van der Waals surface area contributed by atoms with Crippen LogP contribution in [0.1, 0.15) is 12.5 Å². The van der Waals surface area contributed by atoms with E-state index >= 15 is 0 Å². The molecule has 0 amide bonds. The SMILES string of the molecule is CC1CN(S(=O)(=O)c2ccc(F)cc2C#CCO)CCS1. The van der Waals surface area contributed by atoms with E-state index in [0.29, 0.717) is 13.1 Å². The second-order valence-electron chi connectivity index (χ2n) is 4.64. The zero-order valence-corrected chi connectivity index (χ0v) is 13.2. The number of nitrogens with zero attached hydrogens (tertiary/aromatic N) is 1. The molecule has 1 heterocycles. The molecule has 0 saturated carbocycles. The van der Waals surface area contributed by atoms with Gasteiger partial charge in [0.2, 0.25) is 10.0 Å². The normalized spacial score (nSPS) is 19.9. The van der Waals surface area contributed by atoms with Crippen LogP contribution in [0.25, 0.3) is 0 Å². The van der Waals surface area contributed by atoms with Crippen molar-refractivity contribution in [3.63, 3.8) is 0 Å². The Morgan fingerprint density at radius 1 is 1.52 bits per heavy atom. The molecule has 0 aromatic heterocycles. The minimum atomic E-state index is -3.70. The lowest BCUT2D eigenvalue weighted by molar-refractivity contribution is 0.350. The maximum atomic E-state index is 13.3. The van der Waals surface area contributed by atoms with Crippen molar-refractivity contribution >= 4 is 21.8 Å². The highest BCUT2D eigenvalue weighted by Crippen LogP contribution is 2.26. The maximum Gasteiger partial charge on any atom is 0.244 e. The first-order valence-electron chi connectivity index (χ1n) is 6.46. The van der Waals surface area contributed by atoms with Crippen LogP contribution in [0.5, 0.6) is 0 Å². The number of aliphatic hydroxyl groups is 1. The number of sulfonamides is 1. The highest BCUT2D eigenvalue weighted by molar-refractivity contribution is 8.00. The molecule has 0 bridgehead atoms. The van der Waals surface area contributed by atoms with E-state index in [1.807, 2.05) is 6.92 Å². The summed E-state index contributed by atoms with van der Waals surface area (Å²) in [6, 6.07) is 3.43. The predicted molar refractivity (Wildman–Crippen MR) is 81.0 cm³/mol. The molecule has 114 valence electrons. The first-order chi connectivity index (χ1) is 9.95. The molecule has 21 heavy (non-hydrogen) atoms. The standard InChI is InChI=1S/C14H16FNO3S2/c1-11-10-16(6-8-20-11)21(18,19)14-5-4-13(15)9-12(14)3-2-7-17/h4-5,9,11,17H,6-8,10H2,1H3. The monoisotopic (exact) mass is 329 g/mol. The van der Waals surface area contributed by atoms with Gasteiger partial charge in [0, 0.05) is 29.7 Å². The summed E-state index contributed by atoms with van der Waals surface area (Å²) in [5.74, 6) is 5.06. The maximum absolute atomic E-state index is 13.3. The van der Waals surface area contributed by atoms with E-state index < -0.39 is 22.4 Å². The molecule has 1 aliphatic heterocycles. The zero-order valence-electron chi connectivity index (χ0n) is 11.5. The third-order valence-electron chi connectivity index (χ3n) is 3.07. The molecule has 1 unspecified atom stereocenters. The van der Waals surface area contributed by atoms with Gasteiger partial charge in [0.1, 0.15) is 12.4 Å². The van der Waals surface area contributed by atoms with Crippen molar-refractivity contribution in [1.82, 2.24) is 4.31 Å². The smallest absolute Gasteiger partial charge is 0.244 e. The van der Waals surface area contributed by atoms with E-state index in [4.69, 9.17) is 5.11 Å². The summed E-state index contributed by atoms with van der Waals surface area (Å²) in [4.78, 5) is -0.0102. The van der Waals surface area contributed by atoms with Crippen molar-refractivity contribution in [2.75, 3.05) is 25.4 Å². The van der Waals surface area contributed by atoms with Gasteiger partial charge in [-0.2, -0.15) is 16.1 Å². The van der Waals surface area contributed by atoms with Gasteiger partial charge in [0.05, 0.1) is 4.90 Å². The fourth-order valence-corrected chi connectivity index (χ4v) is 4.98. The van der Waals surface area contributed by atoms with Gasteiger partial charge in [-0.15, -0.1) is 0 Å². The summed E-state index contributed by atoms with van der Waals surface area (Å²) in [7, 11) is -3.70. The quantitative estimate of drug-likeness (QED) is 0.831. The van der Waals surface area contributed by atoms with Gasteiger partial charge in [0.25, 0.3) is 0 Å². The summed E-state index contributed by atoms with van der Waals surface area (Å²) in [5.41, 5.74) is 0.0786. The number of benzene rings is 1. The first kappa shape index (κ1) is 16.3. The van der Waals surface area contributed by atoms with Crippen LogP contribution < -0.4 is 0 Å². The molecule has 1 aromatic carbocycles. The van der Waals surface area contributed by atoms with Gasteiger partial charge in [-0.25, -0.2) is 12.8 Å².